The van der Waals surface area contributed by atoms with E-state index >= 15 is 0 Å². The Hall–Kier alpha value is -4.62. The van der Waals surface area contributed by atoms with Crippen molar-refractivity contribution >= 4 is 29.4 Å². The summed E-state index contributed by atoms with van der Waals surface area (Å²) in [5.41, 5.74) is 2.13. The number of aliphatic hydroxyl groups is 1. The molecule has 6 rings (SSSR count). The number of carbonyl (C=O) groups excluding carboxylic acids is 1. The van der Waals surface area contributed by atoms with Crippen molar-refractivity contribution in [1.82, 2.24) is 30.0 Å². The molecule has 0 aliphatic carbocycles. The Morgan fingerprint density at radius 2 is 1.84 bits per heavy atom. The number of pyridine rings is 1. The van der Waals surface area contributed by atoms with Crippen LogP contribution in [0.15, 0.2) is 53.2 Å². The van der Waals surface area contributed by atoms with Gasteiger partial charge in [-0.05, 0) is 43.1 Å². The molecule has 4 aromatic rings. The van der Waals surface area contributed by atoms with Crippen LogP contribution >= 0.6 is 0 Å². The quantitative estimate of drug-likeness (QED) is 0.248. The van der Waals surface area contributed by atoms with Gasteiger partial charge in [-0.2, -0.15) is 9.97 Å². The maximum atomic E-state index is 13.0. The van der Waals surface area contributed by atoms with E-state index in [0.29, 0.717) is 67.3 Å². The first-order valence-electron chi connectivity index (χ1n) is 14.5. The highest BCUT2D eigenvalue weighted by Crippen LogP contribution is 2.38. The molecule has 0 spiro atoms. The van der Waals surface area contributed by atoms with Crippen molar-refractivity contribution in [3.8, 4) is 11.5 Å². The van der Waals surface area contributed by atoms with Gasteiger partial charge in [0.25, 0.3) is 17.7 Å². The molecule has 0 unspecified atom stereocenters. The average Bonchev–Trinajstić information content (AvgIpc) is 3.59. The minimum Gasteiger partial charge on any atom is -0.394 e. The molecule has 3 aromatic heterocycles. The van der Waals surface area contributed by atoms with Gasteiger partial charge in [-0.15, -0.1) is 0 Å². The van der Waals surface area contributed by atoms with Crippen LogP contribution in [-0.2, 0) is 10.3 Å². The van der Waals surface area contributed by atoms with E-state index < -0.39 is 11.6 Å². The fraction of sp³-hybridized carbons (Fsp3) is 0.400. The predicted octanol–water partition coefficient (Wildman–Crippen LogP) is 3.75. The number of aliphatic hydroxyl groups excluding tert-OH is 1. The number of anilines is 4. The maximum Gasteiger partial charge on any atom is 0.266 e. The summed E-state index contributed by atoms with van der Waals surface area (Å²) >= 11 is 0. The molecule has 0 saturated carbocycles. The Labute approximate surface area is 249 Å². The number of morpholine rings is 1. The number of ether oxygens (including phenoxy) is 1. The van der Waals surface area contributed by atoms with Gasteiger partial charge < -0.3 is 34.8 Å². The van der Waals surface area contributed by atoms with E-state index in [1.807, 2.05) is 54.0 Å². The summed E-state index contributed by atoms with van der Waals surface area (Å²) < 4.78 is 11.1. The fourth-order valence-electron chi connectivity index (χ4n) is 5.42. The first kappa shape index (κ1) is 28.5. The van der Waals surface area contributed by atoms with Gasteiger partial charge in [-0.1, -0.05) is 37.3 Å². The van der Waals surface area contributed by atoms with Crippen molar-refractivity contribution in [2.24, 2.45) is 0 Å². The molecular weight excluding hydrogens is 550 g/mol. The van der Waals surface area contributed by atoms with Crippen LogP contribution in [0, 0.1) is 0 Å². The zero-order chi connectivity index (χ0) is 30.0. The summed E-state index contributed by atoms with van der Waals surface area (Å²) in [7, 11) is 0. The first-order valence-corrected chi connectivity index (χ1v) is 14.5. The summed E-state index contributed by atoms with van der Waals surface area (Å²) in [5, 5.41) is 21.0. The molecule has 1 fully saturated rings. The van der Waals surface area contributed by atoms with Crippen molar-refractivity contribution in [2.45, 2.75) is 38.8 Å². The largest absolute Gasteiger partial charge is 0.394 e. The van der Waals surface area contributed by atoms with Crippen LogP contribution in [0.25, 0.3) is 11.5 Å². The molecular formula is C30H35N9O4. The van der Waals surface area contributed by atoms with E-state index in [2.05, 4.69) is 32.7 Å². The minimum absolute atomic E-state index is 0.0139. The summed E-state index contributed by atoms with van der Waals surface area (Å²) in [6.07, 6.45) is 2.45. The van der Waals surface area contributed by atoms with Crippen LogP contribution in [0.5, 0.6) is 0 Å². The smallest absolute Gasteiger partial charge is 0.266 e. The molecule has 0 radical (unpaired) electrons. The molecule has 2 aliphatic rings. The van der Waals surface area contributed by atoms with Crippen LogP contribution in [0.3, 0.4) is 0 Å². The Bertz CT molecular complexity index is 1590. The van der Waals surface area contributed by atoms with E-state index in [1.54, 1.807) is 18.3 Å². The van der Waals surface area contributed by atoms with E-state index in [1.165, 1.54) is 0 Å². The zero-order valence-corrected chi connectivity index (χ0v) is 24.4. The number of rotatable bonds is 10. The van der Waals surface area contributed by atoms with Gasteiger partial charge in [0.05, 0.1) is 42.7 Å². The molecule has 1 saturated heterocycles. The van der Waals surface area contributed by atoms with Gasteiger partial charge >= 0.3 is 0 Å². The molecule has 1 aromatic carbocycles. The van der Waals surface area contributed by atoms with Crippen molar-refractivity contribution in [1.29, 1.82) is 0 Å². The van der Waals surface area contributed by atoms with Crippen molar-refractivity contribution in [2.75, 3.05) is 55.0 Å². The van der Waals surface area contributed by atoms with Crippen molar-refractivity contribution in [3.05, 3.63) is 65.5 Å². The number of aromatic nitrogens is 5. The lowest BCUT2D eigenvalue weighted by molar-refractivity contribution is 0.0615. The number of hydrogen-bond donors (Lipinski definition) is 3. The number of fused-ring (bicyclic) bond motifs is 1. The van der Waals surface area contributed by atoms with Gasteiger partial charge in [0.2, 0.25) is 5.95 Å². The molecule has 224 valence electrons. The molecule has 5 heterocycles. The number of nitrogens with zero attached hydrogens (tertiary/aromatic N) is 7. The van der Waals surface area contributed by atoms with Gasteiger partial charge in [0.1, 0.15) is 17.2 Å². The normalized spacial score (nSPS) is 16.7. The predicted molar refractivity (Wildman–Crippen MR) is 160 cm³/mol. The zero-order valence-electron chi connectivity index (χ0n) is 24.4. The lowest BCUT2D eigenvalue weighted by atomic mass is 9.99. The standard InChI is InChI=1S/C30H35N9O4/c1-4-12-39-27(41)20-10-11-23(33-24(20)30(39,2)3)34-28-31-17-21(26-36-29(37-43-26)38-13-15-42-16-14-38)25(35-28)32-22(18-40)19-8-6-5-7-9-19/h5-11,17,22,40H,4,12-16,18H2,1-3H3,(H2,31,32,33,34,35)/t22-/m1/s1. The SMILES string of the molecule is CCCN1C(=O)c2ccc(Nc3ncc(-c4nc(N5CCOCC5)no4)c(N[C@H](CO)c4ccccc4)n3)nc2C1(C)C. The van der Waals surface area contributed by atoms with Gasteiger partial charge in [-0.3, -0.25) is 4.79 Å². The third-order valence-electron chi connectivity index (χ3n) is 7.74. The highest BCUT2D eigenvalue weighted by Gasteiger charge is 2.44. The number of nitrogens with one attached hydrogen (secondary N) is 2. The molecule has 3 N–H and O–H groups in total. The number of benzene rings is 1. The van der Waals surface area contributed by atoms with Gasteiger partial charge in [0.15, 0.2) is 0 Å². The summed E-state index contributed by atoms with van der Waals surface area (Å²) in [4.78, 5) is 35.6. The van der Waals surface area contributed by atoms with E-state index in [4.69, 9.17) is 19.2 Å². The molecule has 43 heavy (non-hydrogen) atoms. The second-order valence-electron chi connectivity index (χ2n) is 11.0. The summed E-state index contributed by atoms with van der Waals surface area (Å²) in [6.45, 7) is 9.05. The van der Waals surface area contributed by atoms with Gasteiger partial charge in [-0.25, -0.2) is 9.97 Å². The highest BCUT2D eigenvalue weighted by atomic mass is 16.5. The van der Waals surface area contributed by atoms with Gasteiger partial charge in [0, 0.05) is 25.8 Å². The third-order valence-corrected chi connectivity index (χ3v) is 7.74. The molecule has 1 amide bonds. The van der Waals surface area contributed by atoms with Crippen molar-refractivity contribution in [3.63, 3.8) is 0 Å². The van der Waals surface area contributed by atoms with Crippen LogP contribution in [0.1, 0.15) is 54.8 Å². The van der Waals surface area contributed by atoms with Crippen LogP contribution < -0.4 is 15.5 Å². The minimum atomic E-state index is -0.544. The first-order chi connectivity index (χ1) is 20.9. The van der Waals surface area contributed by atoms with Crippen LogP contribution in [0.2, 0.25) is 0 Å². The van der Waals surface area contributed by atoms with E-state index in [9.17, 15) is 9.90 Å². The fourth-order valence-corrected chi connectivity index (χ4v) is 5.42. The molecule has 13 heteroatoms. The Morgan fingerprint density at radius 3 is 2.58 bits per heavy atom. The number of hydrogen-bond acceptors (Lipinski definition) is 12. The third kappa shape index (κ3) is 5.60. The van der Waals surface area contributed by atoms with Crippen LogP contribution in [-0.4, -0.2) is 80.5 Å². The maximum absolute atomic E-state index is 13.0. The van der Waals surface area contributed by atoms with E-state index in [0.717, 1.165) is 12.0 Å². The summed E-state index contributed by atoms with van der Waals surface area (Å²) in [6, 6.07) is 12.7. The lowest BCUT2D eigenvalue weighted by Gasteiger charge is -2.31. The lowest BCUT2D eigenvalue weighted by Crippen LogP contribution is -2.39. The second-order valence-corrected chi connectivity index (χ2v) is 11.0. The van der Waals surface area contributed by atoms with Crippen LogP contribution in [0.4, 0.5) is 23.5 Å². The molecule has 2 aliphatic heterocycles. The number of carbonyl (C=O) groups is 1. The Morgan fingerprint density at radius 1 is 1.05 bits per heavy atom. The summed E-state index contributed by atoms with van der Waals surface area (Å²) in [5.74, 6) is 1.86. The molecule has 13 nitrogen and oxygen atoms in total. The molecule has 1 atom stereocenters. The second kappa shape index (κ2) is 11.9. The Balaban J connectivity index is 1.33. The van der Waals surface area contributed by atoms with Crippen molar-refractivity contribution < 1.29 is 19.2 Å². The Kier molecular flexibility index (Phi) is 7.91. The monoisotopic (exact) mass is 585 g/mol. The van der Waals surface area contributed by atoms with E-state index in [-0.39, 0.29) is 24.4 Å². The highest BCUT2D eigenvalue weighted by molar-refractivity contribution is 5.99. The number of amides is 1. The molecule has 0 bridgehead atoms. The average molecular weight is 586 g/mol. The topological polar surface area (TPSA) is 155 Å².